The van der Waals surface area contributed by atoms with Crippen molar-refractivity contribution in [3.05, 3.63) is 21.9 Å². The summed E-state index contributed by atoms with van der Waals surface area (Å²) in [7, 11) is 0. The lowest BCUT2D eigenvalue weighted by molar-refractivity contribution is -0.119. The van der Waals surface area contributed by atoms with Gasteiger partial charge in [0.1, 0.15) is 0 Å². The Bertz CT molecular complexity index is 319. The molecule has 2 N–H and O–H groups in total. The van der Waals surface area contributed by atoms with Crippen LogP contribution >= 0.6 is 11.3 Å². The van der Waals surface area contributed by atoms with Gasteiger partial charge in [0.25, 0.3) is 0 Å². The minimum absolute atomic E-state index is 0.168. The van der Waals surface area contributed by atoms with Crippen LogP contribution in [0.25, 0.3) is 0 Å². The van der Waals surface area contributed by atoms with E-state index in [9.17, 15) is 4.79 Å². The van der Waals surface area contributed by atoms with Crippen molar-refractivity contribution < 1.29 is 4.79 Å². The summed E-state index contributed by atoms with van der Waals surface area (Å²) in [6, 6.07) is 3.86. The van der Waals surface area contributed by atoms with Crippen molar-refractivity contribution in [1.82, 2.24) is 0 Å². The molecule has 0 aromatic carbocycles. The average molecular weight is 225 g/mol. The second kappa shape index (κ2) is 6.03. The fourth-order valence-electron chi connectivity index (χ4n) is 1.48. The van der Waals surface area contributed by atoms with Crippen molar-refractivity contribution in [1.29, 1.82) is 0 Å². The van der Waals surface area contributed by atoms with Gasteiger partial charge in [0, 0.05) is 16.2 Å². The van der Waals surface area contributed by atoms with Gasteiger partial charge in [-0.25, -0.2) is 0 Å². The summed E-state index contributed by atoms with van der Waals surface area (Å²) < 4.78 is 0. The molecule has 2 nitrogen and oxygen atoms in total. The molecule has 1 aromatic heterocycles. The van der Waals surface area contributed by atoms with Gasteiger partial charge in [-0.05, 0) is 25.0 Å². The summed E-state index contributed by atoms with van der Waals surface area (Å²) in [6.45, 7) is 4.17. The number of Topliss-reactive ketones (excluding diaryl/α,β-unsaturated/α-hetero) is 1. The molecule has 0 saturated heterocycles. The zero-order valence-electron chi connectivity index (χ0n) is 9.45. The molecule has 0 bridgehead atoms. The number of carbonyl (C=O) groups is 1. The Morgan fingerprint density at radius 1 is 1.40 bits per heavy atom. The zero-order valence-corrected chi connectivity index (χ0v) is 10.3. The SMILES string of the molecule is CCCC(N)C(=O)Cc1ccc(CC)s1. The number of aryl methyl sites for hydroxylation is 1. The van der Waals surface area contributed by atoms with Gasteiger partial charge < -0.3 is 5.73 Å². The van der Waals surface area contributed by atoms with E-state index in [4.69, 9.17) is 5.73 Å². The van der Waals surface area contributed by atoms with Gasteiger partial charge >= 0.3 is 0 Å². The molecule has 0 aliphatic carbocycles. The summed E-state index contributed by atoms with van der Waals surface area (Å²) in [5, 5.41) is 0. The first-order chi connectivity index (χ1) is 7.17. The van der Waals surface area contributed by atoms with Crippen LogP contribution in [0.4, 0.5) is 0 Å². The van der Waals surface area contributed by atoms with Crippen molar-refractivity contribution in [2.45, 2.75) is 45.6 Å². The van der Waals surface area contributed by atoms with Crippen LogP contribution in [0.1, 0.15) is 36.4 Å². The van der Waals surface area contributed by atoms with Crippen LogP contribution in [0.2, 0.25) is 0 Å². The van der Waals surface area contributed by atoms with E-state index in [2.05, 4.69) is 13.0 Å². The number of carbonyl (C=O) groups excluding carboxylic acids is 1. The predicted molar refractivity (Wildman–Crippen MR) is 65.3 cm³/mol. The summed E-state index contributed by atoms with van der Waals surface area (Å²) >= 11 is 1.72. The number of hydrogen-bond donors (Lipinski definition) is 1. The highest BCUT2D eigenvalue weighted by atomic mass is 32.1. The molecule has 0 fully saturated rings. The number of hydrogen-bond acceptors (Lipinski definition) is 3. The zero-order chi connectivity index (χ0) is 11.3. The lowest BCUT2D eigenvalue weighted by Crippen LogP contribution is -2.31. The van der Waals surface area contributed by atoms with Gasteiger partial charge in [-0.15, -0.1) is 11.3 Å². The van der Waals surface area contributed by atoms with Crippen LogP contribution in [0.3, 0.4) is 0 Å². The van der Waals surface area contributed by atoms with E-state index in [-0.39, 0.29) is 11.8 Å². The maximum absolute atomic E-state index is 11.7. The van der Waals surface area contributed by atoms with E-state index in [0.717, 1.165) is 24.1 Å². The molecule has 1 heterocycles. The quantitative estimate of drug-likeness (QED) is 0.808. The molecule has 0 saturated carbocycles. The topological polar surface area (TPSA) is 43.1 Å². The number of nitrogens with two attached hydrogens (primary N) is 1. The molecule has 1 unspecified atom stereocenters. The van der Waals surface area contributed by atoms with Gasteiger partial charge in [-0.1, -0.05) is 20.3 Å². The largest absolute Gasteiger partial charge is 0.321 e. The Hall–Kier alpha value is -0.670. The molecule has 0 radical (unpaired) electrons. The maximum atomic E-state index is 11.7. The first-order valence-electron chi connectivity index (χ1n) is 5.53. The lowest BCUT2D eigenvalue weighted by Gasteiger charge is -2.07. The normalized spacial score (nSPS) is 12.7. The van der Waals surface area contributed by atoms with Crippen LogP contribution in [0, 0.1) is 0 Å². The van der Waals surface area contributed by atoms with Gasteiger partial charge in [0.15, 0.2) is 5.78 Å². The first-order valence-corrected chi connectivity index (χ1v) is 6.34. The second-order valence-electron chi connectivity index (χ2n) is 3.76. The van der Waals surface area contributed by atoms with E-state index < -0.39 is 0 Å². The third-order valence-electron chi connectivity index (χ3n) is 2.43. The highest BCUT2D eigenvalue weighted by molar-refractivity contribution is 7.12. The average Bonchev–Trinajstić information content (AvgIpc) is 2.66. The highest BCUT2D eigenvalue weighted by Crippen LogP contribution is 2.18. The van der Waals surface area contributed by atoms with Crippen molar-refractivity contribution >= 4 is 17.1 Å². The molecule has 15 heavy (non-hydrogen) atoms. The van der Waals surface area contributed by atoms with E-state index in [1.165, 1.54) is 4.88 Å². The van der Waals surface area contributed by atoms with Crippen LogP contribution in [-0.2, 0) is 17.6 Å². The summed E-state index contributed by atoms with van der Waals surface area (Å²) in [5.74, 6) is 0.168. The summed E-state index contributed by atoms with van der Waals surface area (Å²) in [4.78, 5) is 14.2. The maximum Gasteiger partial charge on any atom is 0.154 e. The molecule has 3 heteroatoms. The molecule has 0 aliphatic rings. The lowest BCUT2D eigenvalue weighted by atomic mass is 10.1. The van der Waals surface area contributed by atoms with Crippen molar-refractivity contribution in [3.8, 4) is 0 Å². The van der Waals surface area contributed by atoms with Crippen LogP contribution in [-0.4, -0.2) is 11.8 Å². The fraction of sp³-hybridized carbons (Fsp3) is 0.583. The Morgan fingerprint density at radius 2 is 2.07 bits per heavy atom. The minimum Gasteiger partial charge on any atom is -0.321 e. The Morgan fingerprint density at radius 3 is 2.60 bits per heavy atom. The molecule has 0 spiro atoms. The van der Waals surface area contributed by atoms with Gasteiger partial charge in [-0.3, -0.25) is 4.79 Å². The first kappa shape index (κ1) is 12.4. The standard InChI is InChI=1S/C12H19NOS/c1-3-5-11(13)12(14)8-10-7-6-9(4-2)15-10/h6-7,11H,3-5,8,13H2,1-2H3. The predicted octanol–water partition coefficient (Wildman–Crippen LogP) is 2.55. The molecule has 0 amide bonds. The van der Waals surface area contributed by atoms with Crippen molar-refractivity contribution in [3.63, 3.8) is 0 Å². The van der Waals surface area contributed by atoms with Gasteiger partial charge in [0.2, 0.25) is 0 Å². The molecule has 1 atom stereocenters. The Kier molecular flexibility index (Phi) is 4.99. The molecule has 84 valence electrons. The van der Waals surface area contributed by atoms with Gasteiger partial charge in [-0.2, -0.15) is 0 Å². The van der Waals surface area contributed by atoms with Crippen molar-refractivity contribution in [2.24, 2.45) is 5.73 Å². The Labute approximate surface area is 95.5 Å². The summed E-state index contributed by atoms with van der Waals surface area (Å²) in [6.07, 6.45) is 3.31. The van der Waals surface area contributed by atoms with E-state index in [1.807, 2.05) is 13.0 Å². The van der Waals surface area contributed by atoms with E-state index in [1.54, 1.807) is 11.3 Å². The second-order valence-corrected chi connectivity index (χ2v) is 5.01. The smallest absolute Gasteiger partial charge is 0.154 e. The molecular formula is C12H19NOS. The van der Waals surface area contributed by atoms with Crippen molar-refractivity contribution in [2.75, 3.05) is 0 Å². The molecule has 1 aromatic rings. The fourth-order valence-corrected chi connectivity index (χ4v) is 2.45. The van der Waals surface area contributed by atoms with E-state index >= 15 is 0 Å². The third kappa shape index (κ3) is 3.76. The number of rotatable bonds is 6. The van der Waals surface area contributed by atoms with E-state index in [0.29, 0.717) is 6.42 Å². The third-order valence-corrected chi connectivity index (χ3v) is 3.66. The Balaban J connectivity index is 2.50. The number of thiophene rings is 1. The number of ketones is 1. The summed E-state index contributed by atoms with van der Waals surface area (Å²) in [5.41, 5.74) is 5.77. The molecule has 0 aliphatic heterocycles. The highest BCUT2D eigenvalue weighted by Gasteiger charge is 2.13. The molecule has 1 rings (SSSR count). The van der Waals surface area contributed by atoms with Crippen LogP contribution < -0.4 is 5.73 Å². The minimum atomic E-state index is -0.276. The van der Waals surface area contributed by atoms with Gasteiger partial charge in [0.05, 0.1) is 6.04 Å². The van der Waals surface area contributed by atoms with Crippen LogP contribution in [0.15, 0.2) is 12.1 Å². The monoisotopic (exact) mass is 225 g/mol. The van der Waals surface area contributed by atoms with Crippen LogP contribution in [0.5, 0.6) is 0 Å². The molecular weight excluding hydrogens is 206 g/mol.